The summed E-state index contributed by atoms with van der Waals surface area (Å²) in [5, 5.41) is 11.8. The van der Waals surface area contributed by atoms with Crippen molar-refractivity contribution in [1.29, 1.82) is 0 Å². The fraction of sp³-hybridized carbons (Fsp3) is 0.429. The quantitative estimate of drug-likeness (QED) is 0.859. The van der Waals surface area contributed by atoms with Gasteiger partial charge in [-0.15, -0.1) is 0 Å². The van der Waals surface area contributed by atoms with Crippen LogP contribution in [0.4, 0.5) is 10.5 Å². The zero-order valence-corrected chi connectivity index (χ0v) is 11.5. The Morgan fingerprint density at radius 2 is 1.84 bits per heavy atom. The highest BCUT2D eigenvalue weighted by atomic mass is 16.4. The van der Waals surface area contributed by atoms with Crippen LogP contribution in [0.5, 0.6) is 0 Å². The Labute approximate surface area is 113 Å². The Morgan fingerprint density at radius 3 is 2.32 bits per heavy atom. The lowest BCUT2D eigenvalue weighted by Gasteiger charge is -2.26. The first kappa shape index (κ1) is 15.0. The van der Waals surface area contributed by atoms with Gasteiger partial charge < -0.3 is 10.4 Å². The number of amides is 2. The Hall–Kier alpha value is -2.04. The van der Waals surface area contributed by atoms with Crippen molar-refractivity contribution in [2.75, 3.05) is 12.4 Å². The Balaban J connectivity index is 2.79. The third-order valence-electron chi connectivity index (χ3n) is 2.81. The molecule has 0 aliphatic heterocycles. The van der Waals surface area contributed by atoms with E-state index in [1.165, 1.54) is 7.05 Å². The molecular weight excluding hydrogens is 244 g/mol. The summed E-state index contributed by atoms with van der Waals surface area (Å²) < 4.78 is 0. The molecule has 0 bridgehead atoms. The lowest BCUT2D eigenvalue weighted by Crippen LogP contribution is -2.45. The molecule has 0 heterocycles. The first-order valence-corrected chi connectivity index (χ1v) is 6.23. The summed E-state index contributed by atoms with van der Waals surface area (Å²) in [4.78, 5) is 24.3. The third-order valence-corrected chi connectivity index (χ3v) is 2.81. The number of nitrogens with one attached hydrogen (secondary N) is 1. The summed E-state index contributed by atoms with van der Waals surface area (Å²) in [5.74, 6) is -0.0712. The van der Waals surface area contributed by atoms with E-state index in [1.54, 1.807) is 12.1 Å². The standard InChI is InChI=1S/C14H20N2O3/c1-10(2)9-12(16(3)14(18)19)13(17)15-11-7-5-4-6-8-11/h4-8,10,12H,9H2,1-3H3,(H,15,17)(H,18,19). The van der Waals surface area contributed by atoms with Gasteiger partial charge in [-0.2, -0.15) is 0 Å². The molecule has 19 heavy (non-hydrogen) atoms. The summed E-state index contributed by atoms with van der Waals surface area (Å²) in [6, 6.07) is 8.33. The maximum Gasteiger partial charge on any atom is 0.407 e. The second-order valence-corrected chi connectivity index (χ2v) is 4.89. The average Bonchev–Trinajstić information content (AvgIpc) is 2.35. The zero-order valence-electron chi connectivity index (χ0n) is 11.5. The van der Waals surface area contributed by atoms with Crippen molar-refractivity contribution in [2.24, 2.45) is 5.92 Å². The van der Waals surface area contributed by atoms with E-state index in [9.17, 15) is 9.59 Å². The zero-order chi connectivity index (χ0) is 14.4. The molecule has 2 amide bonds. The number of para-hydroxylation sites is 1. The lowest BCUT2D eigenvalue weighted by molar-refractivity contribution is -0.120. The van der Waals surface area contributed by atoms with Crippen molar-refractivity contribution in [1.82, 2.24) is 4.90 Å². The summed E-state index contributed by atoms with van der Waals surface area (Å²) in [6.45, 7) is 3.91. The molecule has 0 saturated heterocycles. The number of carbonyl (C=O) groups excluding carboxylic acids is 1. The van der Waals surface area contributed by atoms with Crippen LogP contribution in [0.3, 0.4) is 0 Å². The van der Waals surface area contributed by atoms with E-state index in [2.05, 4.69) is 5.32 Å². The minimum atomic E-state index is -1.10. The smallest absolute Gasteiger partial charge is 0.407 e. The maximum absolute atomic E-state index is 12.2. The van der Waals surface area contributed by atoms with Crippen molar-refractivity contribution in [3.63, 3.8) is 0 Å². The summed E-state index contributed by atoms with van der Waals surface area (Å²) in [7, 11) is 1.42. The van der Waals surface area contributed by atoms with Gasteiger partial charge in [-0.1, -0.05) is 32.0 Å². The highest BCUT2D eigenvalue weighted by Crippen LogP contribution is 2.14. The highest BCUT2D eigenvalue weighted by molar-refractivity contribution is 5.96. The summed E-state index contributed by atoms with van der Waals surface area (Å²) in [5.41, 5.74) is 0.667. The van der Waals surface area contributed by atoms with Crippen LogP contribution in [0.2, 0.25) is 0 Å². The van der Waals surface area contributed by atoms with Crippen LogP contribution in [0.25, 0.3) is 0 Å². The van der Waals surface area contributed by atoms with E-state index in [-0.39, 0.29) is 11.8 Å². The van der Waals surface area contributed by atoms with Crippen LogP contribution in [0.15, 0.2) is 30.3 Å². The van der Waals surface area contributed by atoms with Gasteiger partial charge >= 0.3 is 6.09 Å². The molecule has 104 valence electrons. The molecule has 0 aliphatic rings. The van der Waals surface area contributed by atoms with Gasteiger partial charge in [-0.05, 0) is 24.5 Å². The van der Waals surface area contributed by atoms with Crippen molar-refractivity contribution < 1.29 is 14.7 Å². The number of rotatable bonds is 5. The molecule has 1 atom stereocenters. The number of likely N-dealkylation sites (N-methyl/N-ethyl adjacent to an activating group) is 1. The fourth-order valence-corrected chi connectivity index (χ4v) is 1.77. The molecule has 2 N–H and O–H groups in total. The summed E-state index contributed by atoms with van der Waals surface area (Å²) >= 11 is 0. The molecular formula is C14H20N2O3. The van der Waals surface area contributed by atoms with Crippen LogP contribution in [0.1, 0.15) is 20.3 Å². The predicted molar refractivity (Wildman–Crippen MR) is 74.1 cm³/mol. The van der Waals surface area contributed by atoms with Crippen LogP contribution in [-0.2, 0) is 4.79 Å². The minimum absolute atomic E-state index is 0.230. The van der Waals surface area contributed by atoms with Gasteiger partial charge in [-0.3, -0.25) is 9.69 Å². The SMILES string of the molecule is CC(C)CC(C(=O)Nc1ccccc1)N(C)C(=O)O. The second-order valence-electron chi connectivity index (χ2n) is 4.89. The second kappa shape index (κ2) is 6.78. The molecule has 1 rings (SSSR count). The molecule has 5 heteroatoms. The van der Waals surface area contributed by atoms with Gasteiger partial charge in [-0.25, -0.2) is 4.79 Å². The number of carboxylic acid groups (broad SMARTS) is 1. The fourth-order valence-electron chi connectivity index (χ4n) is 1.77. The molecule has 0 fully saturated rings. The van der Waals surface area contributed by atoms with Gasteiger partial charge in [0.25, 0.3) is 0 Å². The molecule has 1 unspecified atom stereocenters. The summed E-state index contributed by atoms with van der Waals surface area (Å²) in [6.07, 6.45) is -0.615. The van der Waals surface area contributed by atoms with Crippen LogP contribution in [0, 0.1) is 5.92 Å². The normalized spacial score (nSPS) is 12.0. The number of hydrogen-bond acceptors (Lipinski definition) is 2. The van der Waals surface area contributed by atoms with Crippen molar-refractivity contribution in [3.8, 4) is 0 Å². The minimum Gasteiger partial charge on any atom is -0.465 e. The van der Waals surface area contributed by atoms with E-state index in [1.807, 2.05) is 32.0 Å². The van der Waals surface area contributed by atoms with Gasteiger partial charge in [0.1, 0.15) is 6.04 Å². The molecule has 0 aromatic heterocycles. The Kier molecular flexibility index (Phi) is 5.36. The average molecular weight is 264 g/mol. The van der Waals surface area contributed by atoms with E-state index >= 15 is 0 Å². The van der Waals surface area contributed by atoms with Crippen LogP contribution >= 0.6 is 0 Å². The first-order chi connectivity index (χ1) is 8.91. The Bertz CT molecular complexity index is 432. The lowest BCUT2D eigenvalue weighted by atomic mass is 10.0. The van der Waals surface area contributed by atoms with Crippen molar-refractivity contribution in [2.45, 2.75) is 26.3 Å². The van der Waals surface area contributed by atoms with E-state index in [0.717, 1.165) is 4.90 Å². The number of anilines is 1. The molecule has 0 aliphatic carbocycles. The van der Waals surface area contributed by atoms with Gasteiger partial charge in [0.2, 0.25) is 5.91 Å². The van der Waals surface area contributed by atoms with Gasteiger partial charge in [0.05, 0.1) is 0 Å². The van der Waals surface area contributed by atoms with E-state index in [4.69, 9.17) is 5.11 Å². The third kappa shape index (κ3) is 4.62. The first-order valence-electron chi connectivity index (χ1n) is 6.23. The molecule has 0 saturated carbocycles. The Morgan fingerprint density at radius 1 is 1.26 bits per heavy atom. The van der Waals surface area contributed by atoms with Crippen molar-refractivity contribution >= 4 is 17.7 Å². The molecule has 5 nitrogen and oxygen atoms in total. The van der Waals surface area contributed by atoms with Gasteiger partial charge in [0.15, 0.2) is 0 Å². The topological polar surface area (TPSA) is 69.6 Å². The van der Waals surface area contributed by atoms with E-state index in [0.29, 0.717) is 12.1 Å². The van der Waals surface area contributed by atoms with Gasteiger partial charge in [0, 0.05) is 12.7 Å². The van der Waals surface area contributed by atoms with Crippen molar-refractivity contribution in [3.05, 3.63) is 30.3 Å². The monoisotopic (exact) mass is 264 g/mol. The maximum atomic E-state index is 12.2. The number of benzene rings is 1. The van der Waals surface area contributed by atoms with Crippen LogP contribution < -0.4 is 5.32 Å². The van der Waals surface area contributed by atoms with E-state index < -0.39 is 12.1 Å². The number of nitrogens with zero attached hydrogens (tertiary/aromatic N) is 1. The number of hydrogen-bond donors (Lipinski definition) is 2. The molecule has 0 spiro atoms. The predicted octanol–water partition coefficient (Wildman–Crippen LogP) is 2.65. The molecule has 0 radical (unpaired) electrons. The number of carbonyl (C=O) groups is 2. The van der Waals surface area contributed by atoms with Crippen LogP contribution in [-0.4, -0.2) is 35.1 Å². The molecule has 1 aromatic carbocycles. The largest absolute Gasteiger partial charge is 0.465 e. The molecule has 1 aromatic rings. The highest BCUT2D eigenvalue weighted by Gasteiger charge is 2.27.